The zero-order valence-electron chi connectivity index (χ0n) is 15.4. The number of anilines is 1. The van der Waals surface area contributed by atoms with Gasteiger partial charge in [0, 0.05) is 17.1 Å². The van der Waals surface area contributed by atoms with Crippen LogP contribution in [0.3, 0.4) is 0 Å². The van der Waals surface area contributed by atoms with Crippen molar-refractivity contribution in [3.63, 3.8) is 0 Å². The van der Waals surface area contributed by atoms with E-state index in [9.17, 15) is 27.7 Å². The summed E-state index contributed by atoms with van der Waals surface area (Å²) in [5.74, 6) is -1.93. The molecular formula is C18H17NO9S. The molecule has 0 atom stereocenters. The van der Waals surface area contributed by atoms with E-state index in [0.717, 1.165) is 6.07 Å². The number of nitrogens with zero attached hydrogens (tertiary/aromatic N) is 1. The van der Waals surface area contributed by atoms with Gasteiger partial charge in [-0.15, -0.1) is 0 Å². The number of esters is 2. The van der Waals surface area contributed by atoms with Gasteiger partial charge in [0.2, 0.25) is 0 Å². The molecule has 0 amide bonds. The first-order chi connectivity index (χ1) is 13.7. The van der Waals surface area contributed by atoms with E-state index in [0.29, 0.717) is 11.1 Å². The van der Waals surface area contributed by atoms with Crippen LogP contribution in [0.5, 0.6) is 5.75 Å². The van der Waals surface area contributed by atoms with Gasteiger partial charge in [0.1, 0.15) is 18.2 Å². The zero-order chi connectivity index (χ0) is 21.3. The van der Waals surface area contributed by atoms with Crippen molar-refractivity contribution in [3.8, 4) is 5.75 Å². The highest BCUT2D eigenvalue weighted by Crippen LogP contribution is 2.34. The minimum absolute atomic E-state index is 0.0309. The van der Waals surface area contributed by atoms with Crippen molar-refractivity contribution in [1.82, 2.24) is 0 Å². The number of carbonyl (C=O) groups is 2. The molecule has 0 aliphatic carbocycles. The van der Waals surface area contributed by atoms with Crippen LogP contribution < -0.4 is 4.90 Å². The van der Waals surface area contributed by atoms with Crippen molar-refractivity contribution in [2.45, 2.75) is 4.90 Å². The Kier molecular flexibility index (Phi) is 5.46. The van der Waals surface area contributed by atoms with E-state index in [4.69, 9.17) is 14.2 Å². The van der Waals surface area contributed by atoms with Crippen molar-refractivity contribution >= 4 is 38.5 Å². The second-order valence-electron chi connectivity index (χ2n) is 6.04. The predicted octanol–water partition coefficient (Wildman–Crippen LogP) is 1.19. The summed E-state index contributed by atoms with van der Waals surface area (Å²) in [6.45, 7) is -0.232. The number of aromatic hydroxyl groups is 1. The van der Waals surface area contributed by atoms with Crippen LogP contribution in [-0.4, -0.2) is 57.6 Å². The average Bonchev–Trinajstić information content (AvgIpc) is 2.71. The number of hydrogen-bond donors (Lipinski definition) is 2. The molecule has 0 unspecified atom stereocenters. The topological polar surface area (TPSA) is 140 Å². The number of ether oxygens (including phenoxy) is 3. The lowest BCUT2D eigenvalue weighted by atomic mass is 10.1. The molecule has 0 radical (unpaired) electrons. The monoisotopic (exact) mass is 423 g/mol. The van der Waals surface area contributed by atoms with E-state index in [1.54, 1.807) is 0 Å². The molecule has 1 aliphatic heterocycles. The van der Waals surface area contributed by atoms with Gasteiger partial charge in [-0.1, -0.05) is 6.07 Å². The van der Waals surface area contributed by atoms with Gasteiger partial charge < -0.3 is 24.2 Å². The normalized spacial score (nSPS) is 14.8. The van der Waals surface area contributed by atoms with Gasteiger partial charge >= 0.3 is 11.9 Å². The fourth-order valence-corrected chi connectivity index (χ4v) is 3.50. The summed E-state index contributed by atoms with van der Waals surface area (Å²) in [6, 6.07) is 6.59. The molecule has 1 aliphatic rings. The highest BCUT2D eigenvalue weighted by molar-refractivity contribution is 7.85. The largest absolute Gasteiger partial charge is 0.507 e. The number of fused-ring (bicyclic) bond motifs is 1. The van der Waals surface area contributed by atoms with Crippen molar-refractivity contribution in [1.29, 1.82) is 0 Å². The van der Waals surface area contributed by atoms with Crippen molar-refractivity contribution in [2.24, 2.45) is 0 Å². The Labute approximate surface area is 165 Å². The molecular weight excluding hydrogens is 406 g/mol. The predicted molar refractivity (Wildman–Crippen MR) is 99.8 cm³/mol. The SMILES string of the molecule is COC(=O)C1=C(C(=O)OC)N(c2ccc3cc(S(=O)(=O)O)cc(O)c3c2)COC1. The minimum atomic E-state index is -4.50. The molecule has 11 heteroatoms. The van der Waals surface area contributed by atoms with Gasteiger partial charge in [-0.25, -0.2) is 9.59 Å². The third-order valence-electron chi connectivity index (χ3n) is 4.33. The Hall–Kier alpha value is -3.15. The first-order valence-corrected chi connectivity index (χ1v) is 9.60. The van der Waals surface area contributed by atoms with Crippen LogP contribution in [0.4, 0.5) is 5.69 Å². The average molecular weight is 423 g/mol. The maximum atomic E-state index is 12.3. The molecule has 2 N–H and O–H groups in total. The van der Waals surface area contributed by atoms with Crippen molar-refractivity contribution < 1.29 is 41.9 Å². The molecule has 2 aromatic carbocycles. The van der Waals surface area contributed by atoms with E-state index in [-0.39, 0.29) is 30.0 Å². The Morgan fingerprint density at radius 1 is 1.10 bits per heavy atom. The Bertz CT molecular complexity index is 1140. The Morgan fingerprint density at radius 2 is 1.79 bits per heavy atom. The fraction of sp³-hybridized carbons (Fsp3) is 0.222. The van der Waals surface area contributed by atoms with Gasteiger partial charge in [0.15, 0.2) is 0 Å². The highest BCUT2D eigenvalue weighted by Gasteiger charge is 2.32. The van der Waals surface area contributed by atoms with E-state index in [1.165, 1.54) is 43.4 Å². The van der Waals surface area contributed by atoms with Crippen molar-refractivity contribution in [3.05, 3.63) is 41.6 Å². The number of methoxy groups -OCH3 is 2. The summed E-state index contributed by atoms with van der Waals surface area (Å²) in [4.78, 5) is 25.3. The molecule has 0 spiro atoms. The lowest BCUT2D eigenvalue weighted by molar-refractivity contribution is -0.140. The number of phenols is 1. The van der Waals surface area contributed by atoms with Crippen LogP contribution in [0.15, 0.2) is 46.5 Å². The second-order valence-corrected chi connectivity index (χ2v) is 7.46. The van der Waals surface area contributed by atoms with Gasteiger partial charge in [-0.3, -0.25) is 4.55 Å². The summed E-state index contributed by atoms with van der Waals surface area (Å²) in [6.07, 6.45) is 0. The maximum Gasteiger partial charge on any atom is 0.355 e. The quantitative estimate of drug-likeness (QED) is 0.544. The molecule has 0 saturated carbocycles. The van der Waals surface area contributed by atoms with E-state index < -0.39 is 32.7 Å². The smallest absolute Gasteiger partial charge is 0.355 e. The number of carbonyl (C=O) groups excluding carboxylic acids is 2. The lowest BCUT2D eigenvalue weighted by Crippen LogP contribution is -2.38. The molecule has 154 valence electrons. The Morgan fingerprint density at radius 3 is 2.41 bits per heavy atom. The van der Waals surface area contributed by atoms with Gasteiger partial charge in [-0.2, -0.15) is 8.42 Å². The number of phenolic OH excluding ortho intramolecular Hbond substituents is 1. The standard InChI is InChI=1S/C18H17NO9S/c1-26-17(21)14-8-28-9-19(16(14)18(22)27-2)11-4-3-10-5-12(29(23,24)25)7-15(20)13(10)6-11/h3-7,20H,8-9H2,1-2H3,(H,23,24,25). The third-order valence-corrected chi connectivity index (χ3v) is 5.16. The molecule has 0 bridgehead atoms. The summed E-state index contributed by atoms with van der Waals surface area (Å²) in [5, 5.41) is 10.8. The van der Waals surface area contributed by atoms with Gasteiger partial charge in [0.05, 0.1) is 31.3 Å². The number of rotatable bonds is 4. The van der Waals surface area contributed by atoms with Crippen LogP contribution in [0.2, 0.25) is 0 Å². The van der Waals surface area contributed by atoms with E-state index in [2.05, 4.69) is 0 Å². The van der Waals surface area contributed by atoms with Gasteiger partial charge in [-0.05, 0) is 23.6 Å². The molecule has 0 saturated heterocycles. The van der Waals surface area contributed by atoms with Crippen LogP contribution in [0.1, 0.15) is 0 Å². The molecule has 2 aromatic rings. The maximum absolute atomic E-state index is 12.3. The molecule has 3 rings (SSSR count). The molecule has 29 heavy (non-hydrogen) atoms. The molecule has 0 aromatic heterocycles. The third kappa shape index (κ3) is 3.88. The zero-order valence-corrected chi connectivity index (χ0v) is 16.2. The van der Waals surface area contributed by atoms with Gasteiger partial charge in [0.25, 0.3) is 10.1 Å². The van der Waals surface area contributed by atoms with E-state index in [1.807, 2.05) is 0 Å². The summed E-state index contributed by atoms with van der Waals surface area (Å²) >= 11 is 0. The summed E-state index contributed by atoms with van der Waals surface area (Å²) in [7, 11) is -2.16. The molecule has 0 fully saturated rings. The van der Waals surface area contributed by atoms with Crippen molar-refractivity contribution in [2.75, 3.05) is 32.5 Å². The molecule has 10 nitrogen and oxygen atoms in total. The fourth-order valence-electron chi connectivity index (χ4n) is 2.96. The minimum Gasteiger partial charge on any atom is -0.507 e. The van der Waals surface area contributed by atoms with Crippen LogP contribution >= 0.6 is 0 Å². The number of benzene rings is 2. The summed E-state index contributed by atoms with van der Waals surface area (Å²) in [5.41, 5.74) is 0.268. The molecule has 1 heterocycles. The van der Waals surface area contributed by atoms with Crippen LogP contribution in [-0.2, 0) is 33.9 Å². The highest BCUT2D eigenvalue weighted by atomic mass is 32.2. The lowest BCUT2D eigenvalue weighted by Gasteiger charge is -2.31. The summed E-state index contributed by atoms with van der Waals surface area (Å²) < 4.78 is 46.7. The van der Waals surface area contributed by atoms with E-state index >= 15 is 0 Å². The first kappa shape index (κ1) is 20.6. The number of hydrogen-bond acceptors (Lipinski definition) is 9. The Balaban J connectivity index is 2.17. The van der Waals surface area contributed by atoms with Crippen LogP contribution in [0, 0.1) is 0 Å². The van der Waals surface area contributed by atoms with Crippen LogP contribution in [0.25, 0.3) is 10.8 Å². The second kappa shape index (κ2) is 7.70. The first-order valence-electron chi connectivity index (χ1n) is 8.16.